The number of halogens is 1. The molecule has 0 radical (unpaired) electrons. The molecule has 2 aliphatic heterocycles. The largest absolute Gasteiger partial charge is 0.493 e. The molecule has 2 bridgehead atoms. The predicted molar refractivity (Wildman–Crippen MR) is 168 cm³/mol. The van der Waals surface area contributed by atoms with Gasteiger partial charge < -0.3 is 19.5 Å². The summed E-state index contributed by atoms with van der Waals surface area (Å²) in [6.07, 6.45) is 9.17. The van der Waals surface area contributed by atoms with E-state index in [4.69, 9.17) is 16.3 Å². The van der Waals surface area contributed by atoms with Crippen LogP contribution in [0.25, 0.3) is 0 Å². The van der Waals surface area contributed by atoms with E-state index in [9.17, 15) is 9.90 Å². The molecule has 218 valence electrons. The topological polar surface area (TPSA) is 61.8 Å². The summed E-state index contributed by atoms with van der Waals surface area (Å²) in [7, 11) is 1.77. The second-order valence-corrected chi connectivity index (χ2v) is 14.8. The van der Waals surface area contributed by atoms with Gasteiger partial charge in [-0.2, -0.15) is 0 Å². The molecule has 6 rings (SSSR count). The number of hydrogen-bond acceptors (Lipinski definition) is 4. The summed E-state index contributed by atoms with van der Waals surface area (Å²) in [5.74, 6) is 5.85. The van der Waals surface area contributed by atoms with E-state index in [1.807, 2.05) is 30.3 Å². The fraction of sp³-hybridized carbons (Fsp3) is 0.576. The van der Waals surface area contributed by atoms with Crippen molar-refractivity contribution in [3.8, 4) is 5.75 Å². The van der Waals surface area contributed by atoms with Crippen LogP contribution in [0.15, 0.2) is 42.5 Å². The molecule has 7 heteroatoms. The molecule has 5 nitrogen and oxygen atoms in total. The van der Waals surface area contributed by atoms with Gasteiger partial charge >= 0.3 is 0 Å². The molecule has 2 N–H and O–H groups in total. The molecule has 2 aliphatic carbocycles. The van der Waals surface area contributed by atoms with Crippen LogP contribution in [-0.4, -0.2) is 59.9 Å². The summed E-state index contributed by atoms with van der Waals surface area (Å²) >= 11 is 6.41. The minimum Gasteiger partial charge on any atom is -0.493 e. The van der Waals surface area contributed by atoms with E-state index in [2.05, 4.69) is 41.6 Å². The van der Waals surface area contributed by atoms with Gasteiger partial charge in [-0.25, -0.2) is 0 Å². The van der Waals surface area contributed by atoms with Gasteiger partial charge in [0.05, 0.1) is 12.7 Å². The molecule has 2 aromatic carbocycles. The van der Waals surface area contributed by atoms with Crippen LogP contribution in [0.3, 0.4) is 0 Å². The molecule has 5 unspecified atom stereocenters. The SMILES string of the molecule is C=S1NC(=O)c2ccc(cc2)OCC2(CCCc3cc(Cl)ccc32)CN(C)CC2CCC2C(O)CCCC[C@@H]1C. The zero-order valence-corrected chi connectivity index (χ0v) is 25.6. The second kappa shape index (κ2) is 13.0. The summed E-state index contributed by atoms with van der Waals surface area (Å²) in [4.78, 5) is 15.4. The highest BCUT2D eigenvalue weighted by Gasteiger charge is 2.41. The van der Waals surface area contributed by atoms with E-state index in [0.29, 0.717) is 29.3 Å². The number of aliphatic hydroxyl groups is 1. The van der Waals surface area contributed by atoms with Crippen LogP contribution in [0, 0.1) is 11.8 Å². The summed E-state index contributed by atoms with van der Waals surface area (Å²) in [6.45, 7) is 4.61. The van der Waals surface area contributed by atoms with E-state index in [1.165, 1.54) is 17.5 Å². The molecule has 1 spiro atoms. The monoisotopic (exact) mass is 584 g/mol. The quantitative estimate of drug-likeness (QED) is 0.342. The zero-order chi connectivity index (χ0) is 28.3. The van der Waals surface area contributed by atoms with Gasteiger partial charge in [-0.3, -0.25) is 4.79 Å². The molecular weight excluding hydrogens is 540 g/mol. The normalized spacial score (nSPS) is 32.6. The Morgan fingerprint density at radius 1 is 1.10 bits per heavy atom. The lowest BCUT2D eigenvalue weighted by molar-refractivity contribution is -0.00915. The molecule has 1 saturated carbocycles. The summed E-state index contributed by atoms with van der Waals surface area (Å²) in [6, 6.07) is 13.9. The lowest BCUT2D eigenvalue weighted by Gasteiger charge is -2.45. The molecule has 1 amide bonds. The fourth-order valence-corrected chi connectivity index (χ4v) is 8.26. The number of aliphatic hydroxyl groups excluding tert-OH is 1. The molecule has 0 saturated heterocycles. The number of rotatable bonds is 0. The highest BCUT2D eigenvalue weighted by Crippen LogP contribution is 2.42. The molecule has 40 heavy (non-hydrogen) atoms. The number of amides is 1. The summed E-state index contributed by atoms with van der Waals surface area (Å²) in [5, 5.41) is 12.1. The number of carbonyl (C=O) groups excluding carboxylic acids is 1. The van der Waals surface area contributed by atoms with Crippen molar-refractivity contribution in [3.05, 3.63) is 64.2 Å². The van der Waals surface area contributed by atoms with Crippen LogP contribution >= 0.6 is 22.3 Å². The number of aryl methyl sites for hydroxylation is 1. The van der Waals surface area contributed by atoms with E-state index < -0.39 is 10.7 Å². The number of carbonyl (C=O) groups is 1. The maximum absolute atomic E-state index is 12.9. The van der Waals surface area contributed by atoms with Crippen LogP contribution < -0.4 is 9.46 Å². The van der Waals surface area contributed by atoms with E-state index in [0.717, 1.165) is 75.2 Å². The molecule has 2 aromatic rings. The van der Waals surface area contributed by atoms with Gasteiger partial charge in [-0.05, 0) is 111 Å². The second-order valence-electron chi connectivity index (χ2n) is 12.5. The van der Waals surface area contributed by atoms with Crippen molar-refractivity contribution in [2.75, 3.05) is 26.7 Å². The van der Waals surface area contributed by atoms with Gasteiger partial charge in [0.15, 0.2) is 0 Å². The van der Waals surface area contributed by atoms with Crippen molar-refractivity contribution in [2.45, 2.75) is 81.5 Å². The van der Waals surface area contributed by atoms with Gasteiger partial charge in [-0.1, -0.05) is 54.0 Å². The van der Waals surface area contributed by atoms with Gasteiger partial charge in [-0.15, -0.1) is 0 Å². The third-order valence-electron chi connectivity index (χ3n) is 9.53. The first kappa shape index (κ1) is 29.6. The number of likely N-dealkylation sites (N-methyl/N-ethyl adjacent to an activating group) is 1. The Kier molecular flexibility index (Phi) is 9.61. The molecule has 0 aromatic heterocycles. The van der Waals surface area contributed by atoms with Crippen LogP contribution in [0.5, 0.6) is 5.75 Å². The Bertz CT molecular complexity index is 1200. The fourth-order valence-electron chi connectivity index (χ4n) is 7.05. The standard InChI is InChI=1S/C33H45ClN2O3S/c1-23-7-4-5-9-31(37)29-16-12-26(29)20-36(2)21-33(18-6-8-25-19-27(34)13-17-30(25)33)22-39-28-14-10-24(11-15-28)32(38)35-40(23)3/h10-11,13-15,17,19,23,26,29,31,37H,3-9,12,16,18,20-22H2,1-2H3,(H,35,38)/t23-,26?,29?,31?,33?,40?/m0/s1. The Balaban J connectivity index is 1.41. The Labute approximate surface area is 247 Å². The van der Waals surface area contributed by atoms with Gasteiger partial charge in [0.25, 0.3) is 5.91 Å². The lowest BCUT2D eigenvalue weighted by Crippen LogP contribution is -2.49. The predicted octanol–water partition coefficient (Wildman–Crippen LogP) is 6.62. The smallest absolute Gasteiger partial charge is 0.260 e. The maximum atomic E-state index is 12.9. The first-order chi connectivity index (χ1) is 19.2. The molecule has 2 heterocycles. The lowest BCUT2D eigenvalue weighted by atomic mass is 9.68. The van der Waals surface area contributed by atoms with Crippen LogP contribution in [0.1, 0.15) is 79.8 Å². The summed E-state index contributed by atoms with van der Waals surface area (Å²) in [5.41, 5.74) is 3.13. The van der Waals surface area contributed by atoms with Crippen LogP contribution in [0.4, 0.5) is 0 Å². The molecule has 6 atom stereocenters. The van der Waals surface area contributed by atoms with Crippen molar-refractivity contribution in [1.29, 1.82) is 0 Å². The van der Waals surface area contributed by atoms with Crippen molar-refractivity contribution >= 4 is 34.0 Å². The average molecular weight is 585 g/mol. The number of nitrogens with one attached hydrogen (secondary N) is 1. The van der Waals surface area contributed by atoms with E-state index >= 15 is 0 Å². The Morgan fingerprint density at radius 3 is 2.62 bits per heavy atom. The van der Waals surface area contributed by atoms with Gasteiger partial charge in [0, 0.05) is 34.3 Å². The van der Waals surface area contributed by atoms with Crippen molar-refractivity contribution in [2.24, 2.45) is 11.8 Å². The first-order valence-electron chi connectivity index (χ1n) is 15.0. The van der Waals surface area contributed by atoms with E-state index in [-0.39, 0.29) is 17.4 Å². The molecule has 1 fully saturated rings. The molecular formula is C33H45ClN2O3S. The highest BCUT2D eigenvalue weighted by atomic mass is 35.5. The van der Waals surface area contributed by atoms with Crippen molar-refractivity contribution in [1.82, 2.24) is 9.62 Å². The third-order valence-corrected chi connectivity index (χ3v) is 11.4. The average Bonchev–Trinajstić information content (AvgIpc) is 2.92. The summed E-state index contributed by atoms with van der Waals surface area (Å²) < 4.78 is 9.60. The Morgan fingerprint density at radius 2 is 1.88 bits per heavy atom. The number of fused-ring (bicyclic) bond motifs is 14. The van der Waals surface area contributed by atoms with Crippen LogP contribution in [0.2, 0.25) is 5.02 Å². The number of ether oxygens (including phenoxy) is 1. The number of benzene rings is 2. The van der Waals surface area contributed by atoms with Crippen molar-refractivity contribution < 1.29 is 14.6 Å². The number of hydrogen-bond donors (Lipinski definition) is 2. The zero-order valence-electron chi connectivity index (χ0n) is 24.0. The molecule has 4 aliphatic rings. The van der Waals surface area contributed by atoms with Gasteiger partial charge in [0.1, 0.15) is 5.75 Å². The van der Waals surface area contributed by atoms with Crippen molar-refractivity contribution in [3.63, 3.8) is 0 Å². The maximum Gasteiger partial charge on any atom is 0.260 e. The van der Waals surface area contributed by atoms with Crippen LogP contribution in [-0.2, 0) is 11.8 Å². The number of nitrogens with zero attached hydrogens (tertiary/aromatic N) is 1. The first-order valence-corrected chi connectivity index (χ1v) is 16.8. The minimum atomic E-state index is -0.460. The van der Waals surface area contributed by atoms with Gasteiger partial charge in [0.2, 0.25) is 0 Å². The minimum absolute atomic E-state index is 0.0924. The van der Waals surface area contributed by atoms with E-state index in [1.54, 1.807) is 0 Å². The third kappa shape index (κ3) is 6.78. The highest BCUT2D eigenvalue weighted by molar-refractivity contribution is 8.13. The Hall–Kier alpha value is -1.86.